The number of nitro groups is 1. The highest BCUT2D eigenvalue weighted by Gasteiger charge is 2.68. The molecule has 0 aromatic rings. The summed E-state index contributed by atoms with van der Waals surface area (Å²) >= 11 is 0. The third-order valence-electron chi connectivity index (χ3n) is 15.5. The highest BCUT2D eigenvalue weighted by atomic mass is 16.7. The molecule has 2 heterocycles. The molecule has 0 radical (unpaired) electrons. The lowest BCUT2D eigenvalue weighted by molar-refractivity contribution is -0.485. The average Bonchev–Trinajstić information content (AvgIpc) is 3.91. The molecule has 5 saturated carbocycles. The van der Waals surface area contributed by atoms with Gasteiger partial charge in [0, 0.05) is 19.0 Å². The van der Waals surface area contributed by atoms with Crippen molar-refractivity contribution >= 4 is 36.7 Å². The zero-order chi connectivity index (χ0) is 43.2. The summed E-state index contributed by atoms with van der Waals surface area (Å²) in [5.74, 6) is 0.0907. The van der Waals surface area contributed by atoms with Crippen molar-refractivity contribution in [1.29, 1.82) is 0 Å². The number of guanidine groups is 1. The number of nitrogens with one attached hydrogen (secondary N) is 3. The maximum absolute atomic E-state index is 14.4. The summed E-state index contributed by atoms with van der Waals surface area (Å²) in [4.78, 5) is 66.6. The van der Waals surface area contributed by atoms with Crippen LogP contribution in [-0.4, -0.2) is 83.4 Å². The highest BCUT2D eigenvalue weighted by molar-refractivity contribution is 6.48. The number of hydrogen-bond donors (Lipinski definition) is 4. The summed E-state index contributed by atoms with van der Waals surface area (Å²) in [6.45, 7) is 11.8. The van der Waals surface area contributed by atoms with Gasteiger partial charge in [0.05, 0.1) is 29.5 Å². The van der Waals surface area contributed by atoms with Crippen molar-refractivity contribution in [3.8, 4) is 0 Å². The lowest BCUT2D eigenvalue weighted by Gasteiger charge is -2.64. The molecule has 336 valence electrons. The summed E-state index contributed by atoms with van der Waals surface area (Å²) in [6, 6.07) is -0.837. The van der Waals surface area contributed by atoms with Crippen molar-refractivity contribution in [3.05, 3.63) is 10.1 Å². The third-order valence-corrected chi connectivity index (χ3v) is 15.5. The number of nitrogens with two attached hydrogens (primary N) is 1. The first kappa shape index (κ1) is 46.2. The zero-order valence-electron chi connectivity index (χ0n) is 37.1. The van der Waals surface area contributed by atoms with Gasteiger partial charge in [-0.05, 0) is 107 Å². The molecule has 0 spiro atoms. The number of fused-ring (bicyclic) bond motifs is 1. The Morgan fingerprint density at radius 3 is 2.17 bits per heavy atom. The Hall–Kier alpha value is -3.27. The standard InChI is InChI=1S/C44H74BN7O8/c1-28(2)25-37(45-59-36-27-30-26-35(43(30,3)4)44(36,5)60-45)49-39(54)34(22-16-23-47-42(46)50-52(57)58)48-38(53)31(29-17-11-12-18-29)19-10-8-6-7-9-15-24-51-40(55)32-20-13-14-21-33(32)41(51)56/h28-37H,6-27H2,1-5H3,(H,48,53)(H,49,54)(H3,46,47,50)/t30?,31?,32?,33?,34-,35?,36-,37+,44-/m0/s1. The summed E-state index contributed by atoms with van der Waals surface area (Å²) < 4.78 is 13.5. The number of rotatable bonds is 22. The van der Waals surface area contributed by atoms with Crippen LogP contribution < -0.4 is 21.7 Å². The maximum Gasteiger partial charge on any atom is 0.481 e. The predicted octanol–water partition coefficient (Wildman–Crippen LogP) is 5.86. The topological polar surface area (TPSA) is 208 Å². The van der Waals surface area contributed by atoms with E-state index in [0.29, 0.717) is 37.6 Å². The number of hydrazone groups is 1. The van der Waals surface area contributed by atoms with E-state index in [9.17, 15) is 29.3 Å². The number of carbonyl (C=O) groups excluding carboxylic acids is 4. The van der Waals surface area contributed by atoms with Crippen molar-refractivity contribution in [2.24, 2.45) is 57.7 Å². The fraction of sp³-hybridized carbons (Fsp3) is 0.886. The molecule has 4 amide bonds. The third kappa shape index (κ3) is 10.7. The summed E-state index contributed by atoms with van der Waals surface area (Å²) in [5, 5.41) is 22.2. The van der Waals surface area contributed by atoms with Crippen molar-refractivity contribution < 1.29 is 33.5 Å². The van der Waals surface area contributed by atoms with Crippen LogP contribution in [0.3, 0.4) is 0 Å². The van der Waals surface area contributed by atoms with E-state index in [-0.39, 0.29) is 77.2 Å². The number of amides is 4. The predicted molar refractivity (Wildman–Crippen MR) is 229 cm³/mol. The lowest BCUT2D eigenvalue weighted by Crippen LogP contribution is -2.65. The summed E-state index contributed by atoms with van der Waals surface area (Å²) in [7, 11) is -0.599. The van der Waals surface area contributed by atoms with Crippen molar-refractivity contribution in [1.82, 2.24) is 20.9 Å². The normalized spacial score (nSPS) is 30.1. The molecule has 7 aliphatic rings. The molecule has 9 atom stereocenters. The molecule has 2 aliphatic heterocycles. The minimum Gasteiger partial charge on any atom is -0.404 e. The van der Waals surface area contributed by atoms with Gasteiger partial charge >= 0.3 is 7.12 Å². The maximum atomic E-state index is 14.4. The van der Waals surface area contributed by atoms with Crippen LogP contribution in [0.15, 0.2) is 5.10 Å². The van der Waals surface area contributed by atoms with Crippen molar-refractivity contribution in [2.45, 2.75) is 187 Å². The minimum atomic E-state index is -0.864. The Morgan fingerprint density at radius 1 is 0.900 bits per heavy atom. The Balaban J connectivity index is 1.03. The van der Waals surface area contributed by atoms with E-state index in [2.05, 4.69) is 55.7 Å². The SMILES string of the molecule is CC(C)C[C@@H](NC(=O)[C@H](CCCN/C(N)=N/[N+](=O)[O-])NC(=O)C(CCCCCCCCN1C(=O)C2CCCCC2C1=O)C1CCCC1)B1O[C@H]2CC3CC(C3(C)C)[C@]2(C)O1. The molecule has 5 N–H and O–H groups in total. The van der Waals surface area contributed by atoms with E-state index in [1.165, 1.54) is 4.90 Å². The van der Waals surface area contributed by atoms with Gasteiger partial charge in [-0.3, -0.25) is 24.1 Å². The molecule has 7 fully saturated rings. The van der Waals surface area contributed by atoms with Crippen LogP contribution in [0.2, 0.25) is 0 Å². The van der Waals surface area contributed by atoms with Crippen molar-refractivity contribution in [2.75, 3.05) is 13.1 Å². The number of nitrogens with zero attached hydrogens (tertiary/aromatic N) is 3. The molecule has 60 heavy (non-hydrogen) atoms. The molecular formula is C44H74BN7O8. The second-order valence-corrected chi connectivity index (χ2v) is 20.3. The van der Waals surface area contributed by atoms with Gasteiger partial charge in [0.2, 0.25) is 23.6 Å². The van der Waals surface area contributed by atoms with Crippen LogP contribution in [0.25, 0.3) is 0 Å². The van der Waals surface area contributed by atoms with Crippen LogP contribution in [0.4, 0.5) is 0 Å². The molecular weight excluding hydrogens is 765 g/mol. The smallest absolute Gasteiger partial charge is 0.404 e. The molecule has 15 nitrogen and oxygen atoms in total. The van der Waals surface area contributed by atoms with Gasteiger partial charge in [0.25, 0.3) is 5.96 Å². The average molecular weight is 840 g/mol. The number of likely N-dealkylation sites (tertiary alicyclic amines) is 1. The largest absolute Gasteiger partial charge is 0.481 e. The van der Waals surface area contributed by atoms with Gasteiger partial charge in [-0.15, -0.1) is 0 Å². The van der Waals surface area contributed by atoms with Crippen LogP contribution in [0, 0.1) is 57.0 Å². The number of imide groups is 1. The Bertz CT molecular complexity index is 1550. The van der Waals surface area contributed by atoms with Crippen LogP contribution in [0.1, 0.15) is 163 Å². The van der Waals surface area contributed by atoms with Crippen LogP contribution >= 0.6 is 0 Å². The van der Waals surface area contributed by atoms with Gasteiger partial charge in [-0.25, -0.2) is 10.1 Å². The fourth-order valence-corrected chi connectivity index (χ4v) is 12.0. The van der Waals surface area contributed by atoms with E-state index in [1.54, 1.807) is 0 Å². The first-order valence-corrected chi connectivity index (χ1v) is 23.6. The summed E-state index contributed by atoms with van der Waals surface area (Å²) in [6.07, 6.45) is 17.8. The molecule has 2 saturated heterocycles. The van der Waals surface area contributed by atoms with Gasteiger partial charge in [0.1, 0.15) is 11.1 Å². The molecule has 0 aromatic heterocycles. The summed E-state index contributed by atoms with van der Waals surface area (Å²) in [5.41, 5.74) is 5.42. The van der Waals surface area contributed by atoms with Gasteiger partial charge in [-0.1, -0.05) is 85.5 Å². The Morgan fingerprint density at radius 2 is 1.53 bits per heavy atom. The highest BCUT2D eigenvalue weighted by Crippen LogP contribution is 2.65. The van der Waals surface area contributed by atoms with Crippen LogP contribution in [-0.2, 0) is 28.5 Å². The Kier molecular flexibility index (Phi) is 15.6. The molecule has 7 rings (SSSR count). The Labute approximate surface area is 357 Å². The first-order chi connectivity index (χ1) is 28.6. The molecule has 16 heteroatoms. The van der Waals surface area contributed by atoms with Gasteiger partial charge in [-0.2, -0.15) is 0 Å². The van der Waals surface area contributed by atoms with Crippen LogP contribution in [0.5, 0.6) is 0 Å². The second-order valence-electron chi connectivity index (χ2n) is 20.3. The number of carbonyl (C=O) groups is 4. The molecule has 0 aromatic carbocycles. The quantitative estimate of drug-likeness (QED) is 0.0194. The van der Waals surface area contributed by atoms with E-state index >= 15 is 0 Å². The lowest BCUT2D eigenvalue weighted by atomic mass is 9.43. The fourth-order valence-electron chi connectivity index (χ4n) is 12.0. The molecule has 5 unspecified atom stereocenters. The number of hydrogen-bond acceptors (Lipinski definition) is 8. The van der Waals surface area contributed by atoms with E-state index in [1.807, 2.05) is 0 Å². The van der Waals surface area contributed by atoms with Gasteiger partial charge in [0.15, 0.2) is 5.03 Å². The van der Waals surface area contributed by atoms with E-state index < -0.39 is 29.7 Å². The van der Waals surface area contributed by atoms with E-state index in [4.69, 9.17) is 15.0 Å². The first-order valence-electron chi connectivity index (χ1n) is 23.6. The number of unbranched alkanes of at least 4 members (excludes halogenated alkanes) is 5. The molecule has 5 aliphatic carbocycles. The van der Waals surface area contributed by atoms with Crippen molar-refractivity contribution in [3.63, 3.8) is 0 Å². The monoisotopic (exact) mass is 840 g/mol. The second kappa shape index (κ2) is 20.3. The minimum absolute atomic E-state index is 0.0264. The van der Waals surface area contributed by atoms with E-state index in [0.717, 1.165) is 109 Å². The zero-order valence-corrected chi connectivity index (χ0v) is 37.1. The van der Waals surface area contributed by atoms with Gasteiger partial charge < -0.3 is 31.0 Å². The molecule has 2 bridgehead atoms.